The van der Waals surface area contributed by atoms with E-state index >= 15 is 0 Å². The number of guanidine groups is 1. The molecule has 27 heavy (non-hydrogen) atoms. The molecule has 0 bridgehead atoms. The fourth-order valence-electron chi connectivity index (χ4n) is 3.83. The van der Waals surface area contributed by atoms with Crippen LogP contribution in [0, 0.1) is 6.92 Å². The van der Waals surface area contributed by atoms with Crippen molar-refractivity contribution < 1.29 is 4.74 Å². The Morgan fingerprint density at radius 3 is 2.70 bits per heavy atom. The number of para-hydroxylation sites is 1. The second kappa shape index (κ2) is 10.9. The number of aromatic nitrogens is 1. The minimum absolute atomic E-state index is 0. The second-order valence-corrected chi connectivity index (χ2v) is 6.90. The maximum atomic E-state index is 5.76. The van der Waals surface area contributed by atoms with Crippen molar-refractivity contribution in [2.45, 2.75) is 46.1 Å². The molecule has 5 nitrogen and oxygen atoms in total. The number of hydrogen-bond donors (Lipinski definition) is 2. The molecule has 1 aliphatic heterocycles. The van der Waals surface area contributed by atoms with E-state index in [-0.39, 0.29) is 24.0 Å². The van der Waals surface area contributed by atoms with Gasteiger partial charge < -0.3 is 19.9 Å². The predicted molar refractivity (Wildman–Crippen MR) is 124 cm³/mol. The summed E-state index contributed by atoms with van der Waals surface area (Å²) in [4.78, 5) is 10.8. The van der Waals surface area contributed by atoms with E-state index in [1.54, 1.807) is 0 Å². The molecule has 0 saturated carbocycles. The smallest absolute Gasteiger partial charge is 0.193 e. The van der Waals surface area contributed by atoms with E-state index in [0.717, 1.165) is 58.0 Å². The van der Waals surface area contributed by atoms with E-state index in [9.17, 15) is 0 Å². The van der Waals surface area contributed by atoms with Crippen molar-refractivity contribution in [2.75, 3.05) is 32.8 Å². The summed E-state index contributed by atoms with van der Waals surface area (Å²) in [6.07, 6.45) is 3.53. The Morgan fingerprint density at radius 2 is 2.00 bits per heavy atom. The third kappa shape index (κ3) is 5.60. The lowest BCUT2D eigenvalue weighted by Gasteiger charge is -2.34. The highest BCUT2D eigenvalue weighted by atomic mass is 127. The molecule has 0 amide bonds. The Morgan fingerprint density at radius 1 is 1.26 bits per heavy atom. The number of piperidine rings is 1. The average molecular weight is 484 g/mol. The first-order chi connectivity index (χ1) is 12.7. The van der Waals surface area contributed by atoms with Gasteiger partial charge in [-0.3, -0.25) is 4.99 Å². The zero-order valence-corrected chi connectivity index (χ0v) is 19.1. The molecule has 0 atom stereocenters. The number of aliphatic imine (C=N–C) groups is 1. The number of aromatic amines is 1. The molecule has 0 radical (unpaired) electrons. The molecule has 1 fully saturated rings. The van der Waals surface area contributed by atoms with Crippen molar-refractivity contribution in [2.24, 2.45) is 4.99 Å². The number of aryl methyl sites for hydroxylation is 1. The van der Waals surface area contributed by atoms with Crippen LogP contribution < -0.4 is 5.32 Å². The summed E-state index contributed by atoms with van der Waals surface area (Å²) >= 11 is 0. The highest BCUT2D eigenvalue weighted by Crippen LogP contribution is 2.22. The average Bonchev–Trinajstić information content (AvgIpc) is 2.97. The van der Waals surface area contributed by atoms with Gasteiger partial charge in [-0.05, 0) is 51.7 Å². The molecule has 6 heteroatoms. The van der Waals surface area contributed by atoms with Gasteiger partial charge in [0.15, 0.2) is 5.96 Å². The summed E-state index contributed by atoms with van der Waals surface area (Å²) in [6, 6.07) is 8.52. The lowest BCUT2D eigenvalue weighted by molar-refractivity contribution is 0.0264. The van der Waals surface area contributed by atoms with Crippen molar-refractivity contribution in [3.05, 3.63) is 35.5 Å². The van der Waals surface area contributed by atoms with Crippen molar-refractivity contribution in [3.63, 3.8) is 0 Å². The zero-order valence-electron chi connectivity index (χ0n) is 16.8. The highest BCUT2D eigenvalue weighted by Gasteiger charge is 2.21. The van der Waals surface area contributed by atoms with E-state index in [0.29, 0.717) is 6.10 Å². The molecular formula is C21H33IN4O. The Bertz CT molecular complexity index is 735. The number of fused-ring (bicyclic) bond motifs is 1. The molecular weight excluding hydrogens is 451 g/mol. The van der Waals surface area contributed by atoms with Gasteiger partial charge in [-0.15, -0.1) is 24.0 Å². The van der Waals surface area contributed by atoms with Crippen LogP contribution in [0.5, 0.6) is 0 Å². The van der Waals surface area contributed by atoms with Gasteiger partial charge in [0, 0.05) is 49.4 Å². The molecule has 0 spiro atoms. The molecule has 1 aromatic heterocycles. The van der Waals surface area contributed by atoms with E-state index < -0.39 is 0 Å². The number of nitrogens with one attached hydrogen (secondary N) is 2. The molecule has 1 aromatic carbocycles. The zero-order chi connectivity index (χ0) is 18.4. The third-order valence-electron chi connectivity index (χ3n) is 5.13. The van der Waals surface area contributed by atoms with Crippen LogP contribution in [0.3, 0.4) is 0 Å². The molecule has 2 aromatic rings. The first-order valence-electron chi connectivity index (χ1n) is 9.94. The van der Waals surface area contributed by atoms with Gasteiger partial charge in [0.2, 0.25) is 0 Å². The fourth-order valence-corrected chi connectivity index (χ4v) is 3.83. The lowest BCUT2D eigenvalue weighted by atomic mass is 10.1. The van der Waals surface area contributed by atoms with Gasteiger partial charge in [-0.25, -0.2) is 0 Å². The van der Waals surface area contributed by atoms with Crippen LogP contribution in [-0.4, -0.2) is 54.7 Å². The van der Waals surface area contributed by atoms with Crippen LogP contribution in [0.15, 0.2) is 29.3 Å². The van der Waals surface area contributed by atoms with Crippen molar-refractivity contribution in [1.82, 2.24) is 15.2 Å². The van der Waals surface area contributed by atoms with Crippen LogP contribution in [0.25, 0.3) is 10.9 Å². The summed E-state index contributed by atoms with van der Waals surface area (Å²) in [7, 11) is 0. The third-order valence-corrected chi connectivity index (χ3v) is 5.13. The number of halogens is 1. The molecule has 150 valence electrons. The first kappa shape index (κ1) is 22.0. The minimum atomic E-state index is 0. The van der Waals surface area contributed by atoms with Crippen LogP contribution in [-0.2, 0) is 11.2 Å². The van der Waals surface area contributed by atoms with E-state index in [2.05, 4.69) is 60.2 Å². The number of hydrogen-bond acceptors (Lipinski definition) is 2. The van der Waals surface area contributed by atoms with Gasteiger partial charge in [-0.2, -0.15) is 0 Å². The molecule has 2 N–H and O–H groups in total. The topological polar surface area (TPSA) is 52.7 Å². The van der Waals surface area contributed by atoms with Crippen LogP contribution in [0.2, 0.25) is 0 Å². The maximum absolute atomic E-state index is 5.76. The molecule has 3 rings (SSSR count). The normalized spacial score (nSPS) is 15.8. The number of H-pyrrole nitrogens is 1. The van der Waals surface area contributed by atoms with Crippen LogP contribution in [0.1, 0.15) is 37.9 Å². The Balaban J connectivity index is 0.00000261. The largest absolute Gasteiger partial charge is 0.378 e. The lowest BCUT2D eigenvalue weighted by Crippen LogP contribution is -2.47. The Hall–Kier alpha value is -1.28. The van der Waals surface area contributed by atoms with E-state index in [1.165, 1.54) is 22.2 Å². The van der Waals surface area contributed by atoms with Crippen LogP contribution >= 0.6 is 24.0 Å². The summed E-state index contributed by atoms with van der Waals surface area (Å²) in [5.74, 6) is 1.04. The molecule has 1 aliphatic rings. The van der Waals surface area contributed by atoms with Gasteiger partial charge in [0.05, 0.1) is 6.10 Å². The summed E-state index contributed by atoms with van der Waals surface area (Å²) in [5, 5.41) is 4.78. The van der Waals surface area contributed by atoms with Gasteiger partial charge in [0.25, 0.3) is 0 Å². The standard InChI is InChI=1S/C21H32N4O.HI/c1-4-22-21(25-14-11-17(12-15-25)26-5-2)23-13-10-18-16(3)24-20-9-7-6-8-19(18)20;/h6-9,17,24H,4-5,10-15H2,1-3H3,(H,22,23);1H. The van der Waals surface area contributed by atoms with Crippen molar-refractivity contribution >= 4 is 40.8 Å². The minimum Gasteiger partial charge on any atom is -0.378 e. The van der Waals surface area contributed by atoms with Gasteiger partial charge in [0.1, 0.15) is 0 Å². The molecule has 1 saturated heterocycles. The Labute approximate surface area is 180 Å². The van der Waals surface area contributed by atoms with Crippen LogP contribution in [0.4, 0.5) is 0 Å². The second-order valence-electron chi connectivity index (χ2n) is 6.90. The Kier molecular flexibility index (Phi) is 8.89. The van der Waals surface area contributed by atoms with Gasteiger partial charge in [-0.1, -0.05) is 18.2 Å². The number of rotatable bonds is 6. The summed E-state index contributed by atoms with van der Waals surface area (Å²) < 4.78 is 5.76. The summed E-state index contributed by atoms with van der Waals surface area (Å²) in [6.45, 7) is 10.9. The van der Waals surface area contributed by atoms with E-state index in [4.69, 9.17) is 9.73 Å². The highest BCUT2D eigenvalue weighted by molar-refractivity contribution is 14.0. The van der Waals surface area contributed by atoms with E-state index in [1.807, 2.05) is 0 Å². The number of ether oxygens (including phenoxy) is 1. The molecule has 0 aliphatic carbocycles. The van der Waals surface area contributed by atoms with Crippen molar-refractivity contribution in [3.8, 4) is 0 Å². The monoisotopic (exact) mass is 484 g/mol. The molecule has 2 heterocycles. The number of nitrogens with zero attached hydrogens (tertiary/aromatic N) is 2. The SMILES string of the molecule is CCNC(=NCCc1c(C)[nH]c2ccccc12)N1CCC(OCC)CC1.I. The van der Waals surface area contributed by atoms with Crippen molar-refractivity contribution in [1.29, 1.82) is 0 Å². The number of likely N-dealkylation sites (tertiary alicyclic amines) is 1. The maximum Gasteiger partial charge on any atom is 0.193 e. The molecule has 0 unspecified atom stereocenters. The predicted octanol–water partition coefficient (Wildman–Crippen LogP) is 4.10. The first-order valence-corrected chi connectivity index (χ1v) is 9.94. The number of benzene rings is 1. The summed E-state index contributed by atoms with van der Waals surface area (Å²) in [5.41, 5.74) is 3.85. The fraction of sp³-hybridized carbons (Fsp3) is 0.571. The quantitative estimate of drug-likeness (QED) is 0.369. The van der Waals surface area contributed by atoms with Gasteiger partial charge >= 0.3 is 0 Å².